The summed E-state index contributed by atoms with van der Waals surface area (Å²) in [5.74, 6) is 0. The molecule has 0 radical (unpaired) electrons. The second-order valence-corrected chi connectivity index (χ2v) is 4.73. The number of hydrogen-bond acceptors (Lipinski definition) is 4. The molecule has 0 amide bonds. The summed E-state index contributed by atoms with van der Waals surface area (Å²) in [6, 6.07) is 4.61. The Morgan fingerprint density at radius 1 is 1.47 bits per heavy atom. The number of rotatable bonds is 2. The maximum atomic E-state index is 9.17. The molecule has 1 fully saturated rings. The van der Waals surface area contributed by atoms with Gasteiger partial charge >= 0.3 is 0 Å². The van der Waals surface area contributed by atoms with Crippen molar-refractivity contribution in [3.8, 4) is 6.07 Å². The summed E-state index contributed by atoms with van der Waals surface area (Å²) in [4.78, 5) is 4.30. The number of nitrogens with one attached hydrogen (secondary N) is 1. The van der Waals surface area contributed by atoms with Crippen LogP contribution in [0.15, 0.2) is 6.07 Å². The third kappa shape index (κ3) is 2.40. The van der Waals surface area contributed by atoms with Crippen molar-refractivity contribution in [1.29, 1.82) is 5.26 Å². The minimum atomic E-state index is 0.190. The summed E-state index contributed by atoms with van der Waals surface area (Å²) < 4.78 is 0. The number of nitriles is 1. The Kier molecular flexibility index (Phi) is 3.30. The first-order valence-electron chi connectivity index (χ1n) is 6.02. The third-order valence-electron chi connectivity index (χ3n) is 3.35. The van der Waals surface area contributed by atoms with Crippen molar-refractivity contribution in [2.75, 3.05) is 5.32 Å². The number of nitrogens with zero attached hydrogens (tertiary/aromatic N) is 2. The van der Waals surface area contributed by atoms with E-state index in [9.17, 15) is 0 Å². The van der Waals surface area contributed by atoms with Gasteiger partial charge in [0.25, 0.3) is 0 Å². The number of hydrogen-bond donors (Lipinski definition) is 2. The van der Waals surface area contributed by atoms with Crippen LogP contribution in [0.5, 0.6) is 0 Å². The topological polar surface area (TPSA) is 74.7 Å². The van der Waals surface area contributed by atoms with Gasteiger partial charge in [-0.2, -0.15) is 5.26 Å². The smallest absolute Gasteiger partial charge is 0.103 e. The highest BCUT2D eigenvalue weighted by Gasteiger charge is 2.24. The van der Waals surface area contributed by atoms with E-state index >= 15 is 0 Å². The van der Waals surface area contributed by atoms with Crippen molar-refractivity contribution in [1.82, 2.24) is 4.98 Å². The van der Waals surface area contributed by atoms with E-state index in [4.69, 9.17) is 11.0 Å². The molecule has 0 spiro atoms. The molecule has 0 aromatic carbocycles. The van der Waals surface area contributed by atoms with E-state index in [1.165, 1.54) is 0 Å². The molecule has 1 aromatic rings. The Morgan fingerprint density at radius 3 is 2.82 bits per heavy atom. The fourth-order valence-corrected chi connectivity index (χ4v) is 2.45. The molecule has 2 unspecified atom stereocenters. The van der Waals surface area contributed by atoms with Crippen LogP contribution in [-0.4, -0.2) is 17.1 Å². The SMILES string of the molecule is Cc1cc(NC2CCCC2N)c(C#N)c(C)n1. The van der Waals surface area contributed by atoms with Crippen molar-refractivity contribution in [3.63, 3.8) is 0 Å². The molecule has 4 heteroatoms. The number of aryl methyl sites for hydroxylation is 2. The first-order chi connectivity index (χ1) is 8.11. The van der Waals surface area contributed by atoms with E-state index in [2.05, 4.69) is 16.4 Å². The lowest BCUT2D eigenvalue weighted by Crippen LogP contribution is -2.35. The first-order valence-corrected chi connectivity index (χ1v) is 6.02. The van der Waals surface area contributed by atoms with Crippen LogP contribution < -0.4 is 11.1 Å². The predicted octanol–water partition coefficient (Wildman–Crippen LogP) is 1.86. The van der Waals surface area contributed by atoms with E-state index in [1.807, 2.05) is 19.9 Å². The van der Waals surface area contributed by atoms with Gasteiger partial charge in [0.1, 0.15) is 6.07 Å². The molecule has 0 bridgehead atoms. The maximum absolute atomic E-state index is 9.17. The predicted molar refractivity (Wildman–Crippen MR) is 67.7 cm³/mol. The van der Waals surface area contributed by atoms with Gasteiger partial charge in [-0.1, -0.05) is 0 Å². The molecule has 1 aromatic heterocycles. The van der Waals surface area contributed by atoms with E-state index in [-0.39, 0.29) is 12.1 Å². The molecule has 0 aliphatic heterocycles. The quantitative estimate of drug-likeness (QED) is 0.813. The van der Waals surface area contributed by atoms with Gasteiger partial charge in [-0.3, -0.25) is 4.98 Å². The van der Waals surface area contributed by atoms with Crippen LogP contribution in [0.4, 0.5) is 5.69 Å². The highest BCUT2D eigenvalue weighted by atomic mass is 15.0. The fourth-order valence-electron chi connectivity index (χ4n) is 2.45. The lowest BCUT2D eigenvalue weighted by atomic mass is 10.1. The molecule has 17 heavy (non-hydrogen) atoms. The molecule has 4 nitrogen and oxygen atoms in total. The van der Waals surface area contributed by atoms with Crippen LogP contribution in [-0.2, 0) is 0 Å². The molecule has 1 heterocycles. The number of pyridine rings is 1. The van der Waals surface area contributed by atoms with Crippen LogP contribution in [0.2, 0.25) is 0 Å². The van der Waals surface area contributed by atoms with Crippen LogP contribution in [0.3, 0.4) is 0 Å². The monoisotopic (exact) mass is 230 g/mol. The van der Waals surface area contributed by atoms with E-state index in [0.29, 0.717) is 5.56 Å². The molecule has 3 N–H and O–H groups in total. The van der Waals surface area contributed by atoms with Crippen molar-refractivity contribution in [2.45, 2.75) is 45.2 Å². The molecular weight excluding hydrogens is 212 g/mol. The lowest BCUT2D eigenvalue weighted by molar-refractivity contribution is 0.637. The summed E-state index contributed by atoms with van der Waals surface area (Å²) >= 11 is 0. The molecule has 90 valence electrons. The summed E-state index contributed by atoms with van der Waals surface area (Å²) in [5, 5.41) is 12.6. The van der Waals surface area contributed by atoms with E-state index < -0.39 is 0 Å². The average molecular weight is 230 g/mol. The zero-order valence-electron chi connectivity index (χ0n) is 10.3. The lowest BCUT2D eigenvalue weighted by Gasteiger charge is -2.20. The number of anilines is 1. The number of nitrogens with two attached hydrogens (primary N) is 1. The number of aromatic nitrogens is 1. The zero-order chi connectivity index (χ0) is 12.4. The molecule has 1 saturated carbocycles. The van der Waals surface area contributed by atoms with Gasteiger partial charge in [0.05, 0.1) is 16.9 Å². The van der Waals surface area contributed by atoms with Gasteiger partial charge in [-0.05, 0) is 39.2 Å². The normalized spacial score (nSPS) is 23.4. The third-order valence-corrected chi connectivity index (χ3v) is 3.35. The van der Waals surface area contributed by atoms with Gasteiger partial charge in [0.15, 0.2) is 0 Å². The molecule has 0 saturated heterocycles. The molecular formula is C13H18N4. The molecule has 1 aliphatic rings. The van der Waals surface area contributed by atoms with Crippen LogP contribution in [0.1, 0.15) is 36.2 Å². The summed E-state index contributed by atoms with van der Waals surface area (Å²) in [5.41, 5.74) is 9.25. The van der Waals surface area contributed by atoms with Crippen molar-refractivity contribution >= 4 is 5.69 Å². The van der Waals surface area contributed by atoms with Crippen LogP contribution in [0.25, 0.3) is 0 Å². The fraction of sp³-hybridized carbons (Fsp3) is 0.538. The Morgan fingerprint density at radius 2 is 2.24 bits per heavy atom. The van der Waals surface area contributed by atoms with Gasteiger partial charge in [-0.15, -0.1) is 0 Å². The minimum absolute atomic E-state index is 0.190. The molecule has 1 aliphatic carbocycles. The standard InChI is InChI=1S/C13H18N4/c1-8-6-13(10(7-14)9(2)16-8)17-12-5-3-4-11(12)15/h6,11-12H,3-5,15H2,1-2H3,(H,16,17). The van der Waals surface area contributed by atoms with E-state index in [1.54, 1.807) is 0 Å². The molecule has 2 atom stereocenters. The van der Waals surface area contributed by atoms with Crippen LogP contribution in [0, 0.1) is 25.2 Å². The summed E-state index contributed by atoms with van der Waals surface area (Å²) in [6.45, 7) is 3.80. The van der Waals surface area contributed by atoms with Gasteiger partial charge in [-0.25, -0.2) is 0 Å². The Bertz CT molecular complexity index is 461. The summed E-state index contributed by atoms with van der Waals surface area (Å²) in [7, 11) is 0. The second kappa shape index (κ2) is 4.72. The van der Waals surface area contributed by atoms with Crippen LogP contribution >= 0.6 is 0 Å². The van der Waals surface area contributed by atoms with E-state index in [0.717, 1.165) is 36.3 Å². The van der Waals surface area contributed by atoms with Gasteiger partial charge in [0.2, 0.25) is 0 Å². The maximum Gasteiger partial charge on any atom is 0.103 e. The van der Waals surface area contributed by atoms with Crippen molar-refractivity contribution < 1.29 is 0 Å². The Labute approximate surface area is 102 Å². The summed E-state index contributed by atoms with van der Waals surface area (Å²) in [6.07, 6.45) is 3.29. The molecule has 2 rings (SSSR count). The highest BCUT2D eigenvalue weighted by Crippen LogP contribution is 2.25. The Hall–Kier alpha value is -1.60. The zero-order valence-corrected chi connectivity index (χ0v) is 10.3. The second-order valence-electron chi connectivity index (χ2n) is 4.73. The minimum Gasteiger partial charge on any atom is -0.380 e. The average Bonchev–Trinajstić information content (AvgIpc) is 2.64. The first kappa shape index (κ1) is 11.9. The van der Waals surface area contributed by atoms with Crippen molar-refractivity contribution in [3.05, 3.63) is 23.0 Å². The Balaban J connectivity index is 2.29. The van der Waals surface area contributed by atoms with Gasteiger partial charge in [0, 0.05) is 17.8 Å². The van der Waals surface area contributed by atoms with Gasteiger partial charge < -0.3 is 11.1 Å². The highest BCUT2D eigenvalue weighted by molar-refractivity contribution is 5.60. The largest absolute Gasteiger partial charge is 0.380 e. The van der Waals surface area contributed by atoms with Crippen molar-refractivity contribution in [2.24, 2.45) is 5.73 Å².